The summed E-state index contributed by atoms with van der Waals surface area (Å²) in [6.45, 7) is 9.10. The third-order valence-corrected chi connectivity index (χ3v) is 3.15. The summed E-state index contributed by atoms with van der Waals surface area (Å²) in [6.07, 6.45) is 4.32. The van der Waals surface area contributed by atoms with E-state index >= 15 is 0 Å². The van der Waals surface area contributed by atoms with Gasteiger partial charge in [-0.05, 0) is 25.9 Å². The molecule has 0 aliphatic heterocycles. The van der Waals surface area contributed by atoms with Gasteiger partial charge in [-0.25, -0.2) is 9.79 Å². The van der Waals surface area contributed by atoms with Crippen molar-refractivity contribution in [1.29, 1.82) is 0 Å². The fourth-order valence-corrected chi connectivity index (χ4v) is 1.80. The molecule has 6 nitrogen and oxygen atoms in total. The van der Waals surface area contributed by atoms with Crippen molar-refractivity contribution in [1.82, 2.24) is 4.90 Å². The Hall–Kier alpha value is -1.23. The number of nitrogens with zero attached hydrogens (tertiary/aromatic N) is 2. The summed E-state index contributed by atoms with van der Waals surface area (Å²) in [6, 6.07) is 0. The highest BCUT2D eigenvalue weighted by Crippen LogP contribution is 2.01. The molecule has 0 aromatic heterocycles. The minimum absolute atomic E-state index is 0.193. The van der Waals surface area contributed by atoms with E-state index in [2.05, 4.69) is 23.7 Å². The molecule has 0 aliphatic rings. The number of aliphatic imine (C=N–C) groups is 1. The molecule has 6 heteroatoms. The fourth-order valence-electron chi connectivity index (χ4n) is 1.80. The molecule has 122 valence electrons. The van der Waals surface area contributed by atoms with Gasteiger partial charge in [-0.2, -0.15) is 0 Å². The first-order chi connectivity index (χ1) is 10.2. The van der Waals surface area contributed by atoms with Gasteiger partial charge in [0.2, 0.25) is 6.08 Å². The summed E-state index contributed by atoms with van der Waals surface area (Å²) < 4.78 is 10.5. The van der Waals surface area contributed by atoms with Gasteiger partial charge in [0.25, 0.3) is 0 Å². The molecule has 0 unspecified atom stereocenters. The second-order valence-corrected chi connectivity index (χ2v) is 4.64. The van der Waals surface area contributed by atoms with Crippen LogP contribution in [0.25, 0.3) is 0 Å². The predicted molar refractivity (Wildman–Crippen MR) is 81.0 cm³/mol. The Kier molecular flexibility index (Phi) is 14.3. The molecule has 21 heavy (non-hydrogen) atoms. The third kappa shape index (κ3) is 13.5. The normalized spacial score (nSPS) is 10.4. The van der Waals surface area contributed by atoms with Crippen LogP contribution in [0.1, 0.15) is 39.5 Å². The average molecular weight is 300 g/mol. The standard InChI is InChI=1S/C15H28N2O4/c1-3-17(4-2)10-11-20-12-13-21-15(19)8-6-5-7-9-16-14-18/h3-13H2,1-2H3. The summed E-state index contributed by atoms with van der Waals surface area (Å²) in [7, 11) is 0. The predicted octanol–water partition coefficient (Wildman–Crippen LogP) is 1.78. The van der Waals surface area contributed by atoms with Gasteiger partial charge in [0.05, 0.1) is 19.8 Å². The van der Waals surface area contributed by atoms with Crippen LogP contribution in [-0.4, -0.2) is 62.9 Å². The van der Waals surface area contributed by atoms with Crippen LogP contribution in [0.4, 0.5) is 0 Å². The van der Waals surface area contributed by atoms with E-state index in [0.717, 1.165) is 38.9 Å². The number of carbonyl (C=O) groups is 1. The number of isocyanates is 1. The molecule has 0 aliphatic carbocycles. The molecule has 0 amide bonds. The Labute approximate surface area is 127 Å². The number of rotatable bonds is 14. The number of hydrogen-bond donors (Lipinski definition) is 0. The van der Waals surface area contributed by atoms with Gasteiger partial charge in [0, 0.05) is 13.0 Å². The number of ether oxygens (including phenoxy) is 2. The van der Waals surface area contributed by atoms with Crippen LogP contribution >= 0.6 is 0 Å². The molecule has 0 saturated carbocycles. The summed E-state index contributed by atoms with van der Waals surface area (Å²) in [4.78, 5) is 27.0. The summed E-state index contributed by atoms with van der Waals surface area (Å²) in [5, 5.41) is 0. The van der Waals surface area contributed by atoms with E-state index in [1.165, 1.54) is 6.08 Å². The van der Waals surface area contributed by atoms with Gasteiger partial charge in [-0.15, -0.1) is 0 Å². The molecule has 0 aromatic rings. The average Bonchev–Trinajstić information content (AvgIpc) is 2.50. The third-order valence-electron chi connectivity index (χ3n) is 3.15. The van der Waals surface area contributed by atoms with E-state index < -0.39 is 0 Å². The van der Waals surface area contributed by atoms with Crippen LogP contribution in [0.5, 0.6) is 0 Å². The van der Waals surface area contributed by atoms with Crippen molar-refractivity contribution in [3.05, 3.63) is 0 Å². The SMILES string of the molecule is CCN(CC)CCOCCOC(=O)CCCCCN=C=O. The Bertz CT molecular complexity index is 300. The molecule has 0 saturated heterocycles. The van der Waals surface area contributed by atoms with Crippen LogP contribution < -0.4 is 0 Å². The number of unbranched alkanes of at least 4 members (excludes halogenated alkanes) is 2. The molecule has 0 radical (unpaired) electrons. The zero-order chi connectivity index (χ0) is 15.8. The highest BCUT2D eigenvalue weighted by molar-refractivity contribution is 5.69. The number of carbonyl (C=O) groups excluding carboxylic acids is 2. The van der Waals surface area contributed by atoms with E-state index in [-0.39, 0.29) is 5.97 Å². The Morgan fingerprint density at radius 3 is 2.52 bits per heavy atom. The first-order valence-corrected chi connectivity index (χ1v) is 7.73. The number of esters is 1. The van der Waals surface area contributed by atoms with Crippen LogP contribution in [-0.2, 0) is 19.1 Å². The number of hydrogen-bond acceptors (Lipinski definition) is 6. The lowest BCUT2D eigenvalue weighted by atomic mass is 10.2. The van der Waals surface area contributed by atoms with Crippen LogP contribution in [0.2, 0.25) is 0 Å². The molecule has 0 N–H and O–H groups in total. The van der Waals surface area contributed by atoms with Crippen molar-refractivity contribution in [2.45, 2.75) is 39.5 Å². The maximum absolute atomic E-state index is 11.4. The van der Waals surface area contributed by atoms with E-state index in [0.29, 0.717) is 32.8 Å². The fraction of sp³-hybridized carbons (Fsp3) is 0.867. The van der Waals surface area contributed by atoms with E-state index in [1.807, 2.05) is 0 Å². The van der Waals surface area contributed by atoms with Crippen molar-refractivity contribution >= 4 is 12.0 Å². The zero-order valence-corrected chi connectivity index (χ0v) is 13.3. The molecular formula is C15H28N2O4. The summed E-state index contributed by atoms with van der Waals surface area (Å²) in [5.74, 6) is -0.193. The second kappa shape index (κ2) is 15.2. The van der Waals surface area contributed by atoms with E-state index in [1.54, 1.807) is 0 Å². The van der Waals surface area contributed by atoms with Gasteiger partial charge in [-0.1, -0.05) is 20.3 Å². The highest BCUT2D eigenvalue weighted by atomic mass is 16.6. The first kappa shape index (κ1) is 19.8. The molecule has 0 spiro atoms. The second-order valence-electron chi connectivity index (χ2n) is 4.64. The molecule has 0 fully saturated rings. The van der Waals surface area contributed by atoms with Gasteiger partial charge in [0.15, 0.2) is 0 Å². The molecule has 0 heterocycles. The van der Waals surface area contributed by atoms with Gasteiger partial charge in [-0.3, -0.25) is 4.79 Å². The molecule has 0 bridgehead atoms. The lowest BCUT2D eigenvalue weighted by Gasteiger charge is -2.17. The largest absolute Gasteiger partial charge is 0.463 e. The lowest BCUT2D eigenvalue weighted by Crippen LogP contribution is -2.27. The smallest absolute Gasteiger partial charge is 0.305 e. The first-order valence-electron chi connectivity index (χ1n) is 7.73. The van der Waals surface area contributed by atoms with Crippen LogP contribution in [0.3, 0.4) is 0 Å². The minimum atomic E-state index is -0.193. The van der Waals surface area contributed by atoms with Crippen LogP contribution in [0, 0.1) is 0 Å². The monoisotopic (exact) mass is 300 g/mol. The lowest BCUT2D eigenvalue weighted by molar-refractivity contribution is -0.145. The quantitative estimate of drug-likeness (QED) is 0.212. The molecule has 0 aromatic carbocycles. The van der Waals surface area contributed by atoms with Gasteiger partial charge in [0.1, 0.15) is 6.61 Å². The molecule has 0 atom stereocenters. The topological polar surface area (TPSA) is 68.2 Å². The minimum Gasteiger partial charge on any atom is -0.463 e. The van der Waals surface area contributed by atoms with Crippen molar-refractivity contribution in [3.63, 3.8) is 0 Å². The van der Waals surface area contributed by atoms with E-state index in [9.17, 15) is 9.59 Å². The summed E-state index contributed by atoms with van der Waals surface area (Å²) in [5.41, 5.74) is 0. The maximum atomic E-state index is 11.4. The van der Waals surface area contributed by atoms with Crippen molar-refractivity contribution in [2.75, 3.05) is 46.0 Å². The Morgan fingerprint density at radius 1 is 1.10 bits per heavy atom. The molecular weight excluding hydrogens is 272 g/mol. The maximum Gasteiger partial charge on any atom is 0.305 e. The summed E-state index contributed by atoms with van der Waals surface area (Å²) >= 11 is 0. The van der Waals surface area contributed by atoms with Crippen LogP contribution in [0.15, 0.2) is 4.99 Å². The molecule has 0 rings (SSSR count). The van der Waals surface area contributed by atoms with Gasteiger partial charge >= 0.3 is 5.97 Å². The Morgan fingerprint density at radius 2 is 1.86 bits per heavy atom. The number of likely N-dealkylation sites (N-methyl/N-ethyl adjacent to an activating group) is 1. The zero-order valence-electron chi connectivity index (χ0n) is 13.3. The van der Waals surface area contributed by atoms with E-state index in [4.69, 9.17) is 9.47 Å². The highest BCUT2D eigenvalue weighted by Gasteiger charge is 2.03. The van der Waals surface area contributed by atoms with Crippen molar-refractivity contribution in [3.8, 4) is 0 Å². The van der Waals surface area contributed by atoms with Crippen molar-refractivity contribution < 1.29 is 19.1 Å². The van der Waals surface area contributed by atoms with Crippen molar-refractivity contribution in [2.24, 2.45) is 4.99 Å². The van der Waals surface area contributed by atoms with Gasteiger partial charge < -0.3 is 14.4 Å². The Balaban J connectivity index is 3.31.